The second kappa shape index (κ2) is 4.61. The van der Waals surface area contributed by atoms with Crippen molar-refractivity contribution in [3.05, 3.63) is 34.9 Å². The van der Waals surface area contributed by atoms with E-state index in [4.69, 9.17) is 0 Å². The topological polar surface area (TPSA) is 67.8 Å². The summed E-state index contributed by atoms with van der Waals surface area (Å²) < 4.78 is 0. The molecule has 0 spiro atoms. The van der Waals surface area contributed by atoms with Gasteiger partial charge in [-0.1, -0.05) is 0 Å². The van der Waals surface area contributed by atoms with Gasteiger partial charge in [-0.15, -0.1) is 16.4 Å². The summed E-state index contributed by atoms with van der Waals surface area (Å²) in [5, 5.41) is 11.9. The number of nitrogens with zero attached hydrogens (tertiary/aromatic N) is 3. The van der Waals surface area contributed by atoms with Crippen LogP contribution in [0.4, 0.5) is 5.82 Å². The number of amides is 1. The van der Waals surface area contributed by atoms with Gasteiger partial charge in [-0.2, -0.15) is 5.10 Å². The molecule has 0 atom stereocenters. The van der Waals surface area contributed by atoms with Crippen LogP contribution in [0.3, 0.4) is 0 Å². The van der Waals surface area contributed by atoms with Crippen molar-refractivity contribution in [3.63, 3.8) is 0 Å². The van der Waals surface area contributed by atoms with Crippen molar-refractivity contribution in [1.82, 2.24) is 15.2 Å². The van der Waals surface area contributed by atoms with Crippen molar-refractivity contribution >= 4 is 23.1 Å². The maximum atomic E-state index is 11.5. The van der Waals surface area contributed by atoms with Crippen molar-refractivity contribution in [3.8, 4) is 0 Å². The van der Waals surface area contributed by atoms with Gasteiger partial charge in [0.1, 0.15) is 0 Å². The number of nitrogens with one attached hydrogen (secondary N) is 1. The van der Waals surface area contributed by atoms with Crippen LogP contribution in [0.1, 0.15) is 5.69 Å². The fourth-order valence-electron chi connectivity index (χ4n) is 1.04. The first kappa shape index (κ1) is 9.72. The molecule has 0 aliphatic heterocycles. The Morgan fingerprint density at radius 1 is 1.53 bits per heavy atom. The van der Waals surface area contributed by atoms with E-state index in [2.05, 4.69) is 20.5 Å². The highest BCUT2D eigenvalue weighted by Gasteiger charge is 2.05. The molecule has 5 nitrogen and oxygen atoms in total. The van der Waals surface area contributed by atoms with Crippen molar-refractivity contribution in [2.75, 3.05) is 5.32 Å². The van der Waals surface area contributed by atoms with E-state index in [1.165, 1.54) is 11.3 Å². The largest absolute Gasteiger partial charge is 0.309 e. The highest BCUT2D eigenvalue weighted by molar-refractivity contribution is 7.07. The quantitative estimate of drug-likeness (QED) is 0.841. The molecule has 0 unspecified atom stereocenters. The Kier molecular flexibility index (Phi) is 2.99. The first-order valence-electron chi connectivity index (χ1n) is 4.29. The summed E-state index contributed by atoms with van der Waals surface area (Å²) in [4.78, 5) is 15.5. The molecule has 0 fully saturated rings. The zero-order valence-corrected chi connectivity index (χ0v) is 8.57. The van der Waals surface area contributed by atoms with E-state index < -0.39 is 0 Å². The molecule has 0 aliphatic carbocycles. The first-order chi connectivity index (χ1) is 7.34. The summed E-state index contributed by atoms with van der Waals surface area (Å²) in [6.07, 6.45) is 1.82. The number of aromatic nitrogens is 3. The van der Waals surface area contributed by atoms with E-state index in [1.807, 2.05) is 5.38 Å². The average molecular weight is 220 g/mol. The van der Waals surface area contributed by atoms with Crippen LogP contribution >= 0.6 is 11.3 Å². The monoisotopic (exact) mass is 220 g/mol. The van der Waals surface area contributed by atoms with Gasteiger partial charge in [-0.05, 0) is 12.1 Å². The molecular formula is C9H8N4OS. The zero-order chi connectivity index (χ0) is 10.5. The standard InChI is InChI=1S/C9H8N4OS/c14-9(4-7-5-15-6-10-7)12-8-2-1-3-11-13-8/h1-3,5-6H,4H2,(H,12,13,14). The Balaban J connectivity index is 1.94. The zero-order valence-electron chi connectivity index (χ0n) is 7.75. The van der Waals surface area contributed by atoms with E-state index in [0.29, 0.717) is 5.82 Å². The summed E-state index contributed by atoms with van der Waals surface area (Å²) in [5.41, 5.74) is 2.46. The first-order valence-corrected chi connectivity index (χ1v) is 5.23. The Labute approximate surface area is 90.2 Å². The molecular weight excluding hydrogens is 212 g/mol. The van der Waals surface area contributed by atoms with Gasteiger partial charge in [-0.25, -0.2) is 4.98 Å². The average Bonchev–Trinajstić information content (AvgIpc) is 2.71. The van der Waals surface area contributed by atoms with Gasteiger partial charge in [0, 0.05) is 11.6 Å². The molecule has 6 heteroatoms. The van der Waals surface area contributed by atoms with Crippen molar-refractivity contribution in [2.45, 2.75) is 6.42 Å². The minimum atomic E-state index is -0.138. The van der Waals surface area contributed by atoms with E-state index in [9.17, 15) is 4.79 Å². The number of thiazole rings is 1. The van der Waals surface area contributed by atoms with Crippen LogP contribution in [0.2, 0.25) is 0 Å². The maximum Gasteiger partial charge on any atom is 0.231 e. The summed E-state index contributed by atoms with van der Waals surface area (Å²) in [6.45, 7) is 0. The third kappa shape index (κ3) is 2.81. The molecule has 1 amide bonds. The number of anilines is 1. The van der Waals surface area contributed by atoms with Gasteiger partial charge in [0.15, 0.2) is 5.82 Å². The van der Waals surface area contributed by atoms with Crippen molar-refractivity contribution in [2.24, 2.45) is 0 Å². The fourth-order valence-corrected chi connectivity index (χ4v) is 1.60. The minimum Gasteiger partial charge on any atom is -0.309 e. The summed E-state index contributed by atoms with van der Waals surface area (Å²) in [5.74, 6) is 0.319. The van der Waals surface area contributed by atoms with Crippen LogP contribution < -0.4 is 5.32 Å². The van der Waals surface area contributed by atoms with Gasteiger partial charge in [0.05, 0.1) is 17.6 Å². The normalized spacial score (nSPS) is 9.87. The van der Waals surface area contributed by atoms with E-state index in [-0.39, 0.29) is 12.3 Å². The molecule has 76 valence electrons. The lowest BCUT2D eigenvalue weighted by Crippen LogP contribution is -2.15. The molecule has 15 heavy (non-hydrogen) atoms. The third-order valence-electron chi connectivity index (χ3n) is 1.66. The molecule has 0 aliphatic rings. The fraction of sp³-hybridized carbons (Fsp3) is 0.111. The molecule has 0 saturated carbocycles. The molecule has 1 N–H and O–H groups in total. The number of rotatable bonds is 3. The van der Waals surface area contributed by atoms with Crippen LogP contribution in [0.25, 0.3) is 0 Å². The number of carbonyl (C=O) groups is 1. The molecule has 2 aromatic heterocycles. The third-order valence-corrected chi connectivity index (χ3v) is 2.30. The lowest BCUT2D eigenvalue weighted by molar-refractivity contribution is -0.115. The Hall–Kier alpha value is -1.82. The molecule has 0 radical (unpaired) electrons. The van der Waals surface area contributed by atoms with Crippen LogP contribution in [-0.4, -0.2) is 21.1 Å². The van der Waals surface area contributed by atoms with E-state index >= 15 is 0 Å². The molecule has 2 aromatic rings. The van der Waals surface area contributed by atoms with Crippen LogP contribution in [0, 0.1) is 0 Å². The minimum absolute atomic E-state index is 0.138. The number of hydrogen-bond donors (Lipinski definition) is 1. The lowest BCUT2D eigenvalue weighted by atomic mass is 10.3. The second-order valence-electron chi connectivity index (χ2n) is 2.81. The number of hydrogen-bond acceptors (Lipinski definition) is 5. The van der Waals surface area contributed by atoms with Gasteiger partial charge >= 0.3 is 0 Å². The van der Waals surface area contributed by atoms with Gasteiger partial charge < -0.3 is 5.32 Å². The Bertz CT molecular complexity index is 429. The Morgan fingerprint density at radius 2 is 2.47 bits per heavy atom. The lowest BCUT2D eigenvalue weighted by Gasteiger charge is -2.00. The molecule has 2 rings (SSSR count). The maximum absolute atomic E-state index is 11.5. The van der Waals surface area contributed by atoms with E-state index in [1.54, 1.807) is 23.8 Å². The van der Waals surface area contributed by atoms with Crippen LogP contribution in [-0.2, 0) is 11.2 Å². The predicted molar refractivity (Wildman–Crippen MR) is 56.5 cm³/mol. The van der Waals surface area contributed by atoms with E-state index in [0.717, 1.165) is 5.69 Å². The summed E-state index contributed by atoms with van der Waals surface area (Å²) >= 11 is 1.47. The van der Waals surface area contributed by atoms with Gasteiger partial charge in [0.2, 0.25) is 5.91 Å². The highest BCUT2D eigenvalue weighted by Crippen LogP contribution is 2.04. The molecule has 0 saturated heterocycles. The summed E-state index contributed by atoms with van der Waals surface area (Å²) in [7, 11) is 0. The smallest absolute Gasteiger partial charge is 0.231 e. The molecule has 2 heterocycles. The predicted octanol–water partition coefficient (Wildman–Crippen LogP) is 1.11. The Morgan fingerprint density at radius 3 is 3.13 bits per heavy atom. The van der Waals surface area contributed by atoms with Gasteiger partial charge in [-0.3, -0.25) is 4.79 Å². The van der Waals surface area contributed by atoms with Crippen molar-refractivity contribution in [1.29, 1.82) is 0 Å². The summed E-state index contributed by atoms with van der Waals surface area (Å²) in [6, 6.07) is 3.40. The second-order valence-corrected chi connectivity index (χ2v) is 3.53. The molecule has 0 bridgehead atoms. The SMILES string of the molecule is O=C(Cc1cscn1)Nc1cccnn1. The van der Waals surface area contributed by atoms with Gasteiger partial charge in [0.25, 0.3) is 0 Å². The van der Waals surface area contributed by atoms with Crippen LogP contribution in [0.15, 0.2) is 29.2 Å². The van der Waals surface area contributed by atoms with Crippen LogP contribution in [0.5, 0.6) is 0 Å². The molecule has 0 aromatic carbocycles. The highest BCUT2D eigenvalue weighted by atomic mass is 32.1. The van der Waals surface area contributed by atoms with Crippen molar-refractivity contribution < 1.29 is 4.79 Å². The number of carbonyl (C=O) groups excluding carboxylic acids is 1.